The van der Waals surface area contributed by atoms with Gasteiger partial charge in [0.1, 0.15) is 6.42 Å². The van der Waals surface area contributed by atoms with Gasteiger partial charge in [0.15, 0.2) is 18.9 Å². The van der Waals surface area contributed by atoms with Gasteiger partial charge >= 0.3 is 5.97 Å². The molecule has 0 atom stereocenters. The van der Waals surface area contributed by atoms with Crippen LogP contribution in [-0.2, 0) is 11.3 Å². The minimum Gasteiger partial charge on any atom is -0.481 e. The molecule has 0 aliphatic rings. The van der Waals surface area contributed by atoms with Gasteiger partial charge in [-0.2, -0.15) is 0 Å². The molecule has 0 unspecified atom stereocenters. The Balaban J connectivity index is 1.85. The molecule has 3 heteroatoms. The van der Waals surface area contributed by atoms with Crippen molar-refractivity contribution in [3.63, 3.8) is 0 Å². The number of fused-ring (bicyclic) bond motifs is 1. The number of carbonyl (C=O) groups is 1. The monoisotopic (exact) mass is 318 g/mol. The van der Waals surface area contributed by atoms with Gasteiger partial charge < -0.3 is 5.11 Å². The first-order valence-corrected chi connectivity index (χ1v) is 8.01. The molecule has 3 rings (SSSR count). The van der Waals surface area contributed by atoms with Gasteiger partial charge in [0.05, 0.1) is 0 Å². The molecule has 0 radical (unpaired) electrons. The van der Waals surface area contributed by atoms with Crippen molar-refractivity contribution >= 4 is 28.9 Å². The number of carboxylic acids is 1. The molecule has 0 spiro atoms. The Bertz CT molecular complexity index is 907. The first-order chi connectivity index (χ1) is 11.6. The molecule has 1 aromatic heterocycles. The smallest absolute Gasteiger partial charge is 0.309 e. The Hall–Kier alpha value is -2.94. The van der Waals surface area contributed by atoms with E-state index in [4.69, 9.17) is 5.11 Å². The van der Waals surface area contributed by atoms with Gasteiger partial charge in [-0.25, -0.2) is 4.57 Å². The summed E-state index contributed by atoms with van der Waals surface area (Å²) in [5.74, 6) is -0.778. The summed E-state index contributed by atoms with van der Waals surface area (Å²) in [5, 5.41) is 11.2. The summed E-state index contributed by atoms with van der Waals surface area (Å²) in [6.45, 7) is 2.53. The van der Waals surface area contributed by atoms with Gasteiger partial charge in [-0.15, -0.1) is 0 Å². The van der Waals surface area contributed by atoms with E-state index in [2.05, 4.69) is 48.6 Å². The number of hydrogen-bond acceptors (Lipinski definition) is 1. The Morgan fingerprint density at radius 3 is 2.58 bits per heavy atom. The van der Waals surface area contributed by atoms with Crippen molar-refractivity contribution < 1.29 is 14.5 Å². The van der Waals surface area contributed by atoms with Gasteiger partial charge in [0.2, 0.25) is 0 Å². The van der Waals surface area contributed by atoms with E-state index >= 15 is 0 Å². The van der Waals surface area contributed by atoms with Crippen LogP contribution in [-0.4, -0.2) is 11.1 Å². The first kappa shape index (κ1) is 15.9. The van der Waals surface area contributed by atoms with Gasteiger partial charge in [-0.3, -0.25) is 4.79 Å². The van der Waals surface area contributed by atoms with E-state index < -0.39 is 5.97 Å². The number of carboxylic acid groups (broad SMARTS) is 1. The lowest BCUT2D eigenvalue weighted by atomic mass is 10.0. The maximum absolute atomic E-state index is 10.7. The Labute approximate surface area is 141 Å². The fraction of sp³-hybridized carbons (Fsp3) is 0.143. The van der Waals surface area contributed by atoms with Crippen molar-refractivity contribution in [3.8, 4) is 0 Å². The number of nitrogens with zero attached hydrogens (tertiary/aromatic N) is 1. The quantitative estimate of drug-likeness (QED) is 0.720. The summed E-state index contributed by atoms with van der Waals surface area (Å²) in [7, 11) is 0. The van der Waals surface area contributed by atoms with Crippen LogP contribution in [0.15, 0.2) is 60.9 Å². The lowest BCUT2D eigenvalue weighted by Crippen LogP contribution is -2.34. The highest BCUT2D eigenvalue weighted by Gasteiger charge is 2.07. The van der Waals surface area contributed by atoms with Gasteiger partial charge in [0, 0.05) is 11.6 Å². The number of aryl methyl sites for hydroxylation is 2. The van der Waals surface area contributed by atoms with Crippen molar-refractivity contribution in [1.29, 1.82) is 0 Å². The SMILES string of the molecule is Cc1c[n+](CCC(=O)O)ccc1/C=C/c1cccc2ccccc12. The second kappa shape index (κ2) is 7.09. The maximum Gasteiger partial charge on any atom is 0.309 e. The molecule has 3 nitrogen and oxygen atoms in total. The fourth-order valence-corrected chi connectivity index (χ4v) is 2.80. The molecule has 24 heavy (non-hydrogen) atoms. The summed E-state index contributed by atoms with van der Waals surface area (Å²) < 4.78 is 1.92. The molecular formula is C21H20NO2+. The normalized spacial score (nSPS) is 11.2. The van der Waals surface area contributed by atoms with Crippen LogP contribution in [0.4, 0.5) is 0 Å². The number of pyridine rings is 1. The highest BCUT2D eigenvalue weighted by atomic mass is 16.4. The van der Waals surface area contributed by atoms with Crippen molar-refractivity contribution in [3.05, 3.63) is 77.6 Å². The minimum atomic E-state index is -0.778. The van der Waals surface area contributed by atoms with Crippen LogP contribution in [0.5, 0.6) is 0 Å². The zero-order valence-corrected chi connectivity index (χ0v) is 13.6. The first-order valence-electron chi connectivity index (χ1n) is 8.01. The molecule has 3 aromatic rings. The van der Waals surface area contributed by atoms with Crippen LogP contribution in [0.25, 0.3) is 22.9 Å². The summed E-state index contributed by atoms with van der Waals surface area (Å²) >= 11 is 0. The van der Waals surface area contributed by atoms with Gasteiger partial charge in [-0.1, -0.05) is 54.6 Å². The number of hydrogen-bond donors (Lipinski definition) is 1. The van der Waals surface area contributed by atoms with E-state index in [1.54, 1.807) is 0 Å². The third-order valence-electron chi connectivity index (χ3n) is 4.11. The largest absolute Gasteiger partial charge is 0.481 e. The average molecular weight is 318 g/mol. The molecule has 120 valence electrons. The van der Waals surface area contributed by atoms with E-state index in [-0.39, 0.29) is 6.42 Å². The summed E-state index contributed by atoms with van der Waals surface area (Å²) in [5.41, 5.74) is 3.45. The third-order valence-corrected chi connectivity index (χ3v) is 4.11. The Morgan fingerprint density at radius 1 is 1.04 bits per heavy atom. The van der Waals surface area contributed by atoms with Crippen molar-refractivity contribution in [2.75, 3.05) is 0 Å². The molecular weight excluding hydrogens is 298 g/mol. The molecule has 0 aliphatic carbocycles. The Morgan fingerprint density at radius 2 is 1.79 bits per heavy atom. The molecule has 0 fully saturated rings. The molecule has 0 saturated carbocycles. The second-order valence-corrected chi connectivity index (χ2v) is 5.87. The zero-order chi connectivity index (χ0) is 16.9. The predicted octanol–water partition coefficient (Wildman–Crippen LogP) is 4.08. The topological polar surface area (TPSA) is 41.2 Å². The van der Waals surface area contributed by atoms with Crippen LogP contribution in [0, 0.1) is 6.92 Å². The molecule has 1 heterocycles. The highest BCUT2D eigenvalue weighted by Crippen LogP contribution is 2.21. The lowest BCUT2D eigenvalue weighted by Gasteiger charge is -2.03. The number of aromatic nitrogens is 1. The number of rotatable bonds is 5. The predicted molar refractivity (Wildman–Crippen MR) is 96.5 cm³/mol. The molecule has 0 amide bonds. The van der Waals surface area contributed by atoms with Crippen LogP contribution >= 0.6 is 0 Å². The zero-order valence-electron chi connectivity index (χ0n) is 13.6. The van der Waals surface area contributed by atoms with E-state index in [1.807, 2.05) is 36.0 Å². The van der Waals surface area contributed by atoms with Crippen LogP contribution in [0.2, 0.25) is 0 Å². The van der Waals surface area contributed by atoms with Crippen molar-refractivity contribution in [2.24, 2.45) is 0 Å². The average Bonchev–Trinajstić information content (AvgIpc) is 2.59. The highest BCUT2D eigenvalue weighted by molar-refractivity contribution is 5.92. The molecule has 0 aliphatic heterocycles. The molecule has 1 N–H and O–H groups in total. The van der Waals surface area contributed by atoms with E-state index in [1.165, 1.54) is 16.3 Å². The molecule has 2 aromatic carbocycles. The van der Waals surface area contributed by atoms with Gasteiger partial charge in [-0.05, 0) is 28.8 Å². The van der Waals surface area contributed by atoms with Gasteiger partial charge in [0.25, 0.3) is 0 Å². The van der Waals surface area contributed by atoms with E-state index in [9.17, 15) is 4.79 Å². The van der Waals surface area contributed by atoms with Crippen molar-refractivity contribution in [1.82, 2.24) is 0 Å². The molecule has 0 bridgehead atoms. The standard InChI is InChI=1S/C21H19NO2/c1-16-15-22(14-12-21(23)24)13-11-17(16)9-10-19-7-4-6-18-5-2-3-8-20(18)19/h2-11,13,15H,12,14H2,1H3/p+1/b10-9+. The van der Waals surface area contributed by atoms with E-state index in [0.29, 0.717) is 6.54 Å². The second-order valence-electron chi connectivity index (χ2n) is 5.87. The van der Waals surface area contributed by atoms with Crippen LogP contribution in [0.1, 0.15) is 23.1 Å². The summed E-state index contributed by atoms with van der Waals surface area (Å²) in [4.78, 5) is 10.7. The van der Waals surface area contributed by atoms with Crippen molar-refractivity contribution in [2.45, 2.75) is 19.9 Å². The van der Waals surface area contributed by atoms with Crippen LogP contribution in [0.3, 0.4) is 0 Å². The maximum atomic E-state index is 10.7. The molecule has 0 saturated heterocycles. The lowest BCUT2D eigenvalue weighted by molar-refractivity contribution is -0.696. The van der Waals surface area contributed by atoms with E-state index in [0.717, 1.165) is 11.1 Å². The summed E-state index contributed by atoms with van der Waals surface area (Å²) in [6.07, 6.45) is 8.30. The Kier molecular flexibility index (Phi) is 4.71. The number of benzene rings is 2. The summed E-state index contributed by atoms with van der Waals surface area (Å²) in [6, 6.07) is 16.7. The van der Waals surface area contributed by atoms with Crippen LogP contribution < -0.4 is 4.57 Å². The third kappa shape index (κ3) is 3.69. The number of aliphatic carboxylic acids is 1. The fourth-order valence-electron chi connectivity index (χ4n) is 2.80. The minimum absolute atomic E-state index is 0.134.